The van der Waals surface area contributed by atoms with E-state index in [2.05, 4.69) is 59.4 Å². The first-order valence-electron chi connectivity index (χ1n) is 8.33. The molecule has 134 valence electrons. The van der Waals surface area contributed by atoms with Crippen LogP contribution in [0.5, 0.6) is 0 Å². The summed E-state index contributed by atoms with van der Waals surface area (Å²) in [5.41, 5.74) is 2.62. The molecule has 5 heteroatoms. The van der Waals surface area contributed by atoms with Crippen LogP contribution < -0.4 is 5.32 Å². The molecule has 0 radical (unpaired) electrons. The van der Waals surface area contributed by atoms with E-state index in [1.807, 2.05) is 18.9 Å². The van der Waals surface area contributed by atoms with Gasteiger partial charge in [0.1, 0.15) is 5.82 Å². The SMILES string of the molecule is CC(C)c1ccc(CN(C)C(C)C(=O)Nc2ccc(Br)cc2F)cc1. The second-order valence-electron chi connectivity index (χ2n) is 6.60. The smallest absolute Gasteiger partial charge is 0.241 e. The Hall–Kier alpha value is -1.72. The molecule has 0 spiro atoms. The molecule has 1 N–H and O–H groups in total. The Bertz CT molecular complexity index is 731. The quantitative estimate of drug-likeness (QED) is 0.717. The van der Waals surface area contributed by atoms with Crippen LogP contribution >= 0.6 is 15.9 Å². The zero-order valence-electron chi connectivity index (χ0n) is 15.0. The summed E-state index contributed by atoms with van der Waals surface area (Å²) in [6.45, 7) is 6.79. The fourth-order valence-electron chi connectivity index (χ4n) is 2.46. The summed E-state index contributed by atoms with van der Waals surface area (Å²) in [6, 6.07) is 12.6. The molecule has 0 aliphatic heterocycles. The summed E-state index contributed by atoms with van der Waals surface area (Å²) < 4.78 is 14.5. The lowest BCUT2D eigenvalue weighted by molar-refractivity contribution is -0.120. The van der Waals surface area contributed by atoms with Crippen molar-refractivity contribution in [2.24, 2.45) is 0 Å². The van der Waals surface area contributed by atoms with Gasteiger partial charge in [0, 0.05) is 11.0 Å². The average Bonchev–Trinajstić information content (AvgIpc) is 2.57. The number of benzene rings is 2. The molecule has 0 aromatic heterocycles. The Morgan fingerprint density at radius 2 is 1.80 bits per heavy atom. The number of rotatable bonds is 6. The van der Waals surface area contributed by atoms with Crippen molar-refractivity contribution in [3.05, 3.63) is 63.9 Å². The molecule has 0 aliphatic carbocycles. The molecule has 0 aliphatic rings. The van der Waals surface area contributed by atoms with Crippen molar-refractivity contribution >= 4 is 27.5 Å². The summed E-state index contributed by atoms with van der Waals surface area (Å²) in [4.78, 5) is 14.3. The first-order valence-corrected chi connectivity index (χ1v) is 9.12. The van der Waals surface area contributed by atoms with E-state index < -0.39 is 5.82 Å². The van der Waals surface area contributed by atoms with Gasteiger partial charge in [-0.2, -0.15) is 0 Å². The Balaban J connectivity index is 1.98. The van der Waals surface area contributed by atoms with Crippen molar-refractivity contribution in [2.45, 2.75) is 39.3 Å². The highest BCUT2D eigenvalue weighted by Crippen LogP contribution is 2.20. The highest BCUT2D eigenvalue weighted by atomic mass is 79.9. The van der Waals surface area contributed by atoms with Crippen LogP contribution in [0.4, 0.5) is 10.1 Å². The van der Waals surface area contributed by atoms with Crippen LogP contribution in [0.1, 0.15) is 37.8 Å². The van der Waals surface area contributed by atoms with E-state index in [1.54, 1.807) is 12.1 Å². The predicted molar refractivity (Wildman–Crippen MR) is 104 cm³/mol. The molecule has 2 rings (SSSR count). The molecule has 1 amide bonds. The minimum Gasteiger partial charge on any atom is -0.322 e. The van der Waals surface area contributed by atoms with Crippen LogP contribution in [-0.2, 0) is 11.3 Å². The lowest BCUT2D eigenvalue weighted by Crippen LogP contribution is -2.39. The number of nitrogens with one attached hydrogen (secondary N) is 1. The molecule has 0 saturated carbocycles. The number of hydrogen-bond donors (Lipinski definition) is 1. The summed E-state index contributed by atoms with van der Waals surface area (Å²) in [7, 11) is 1.89. The molecule has 2 aromatic rings. The van der Waals surface area contributed by atoms with E-state index in [1.165, 1.54) is 11.6 Å². The predicted octanol–water partition coefficient (Wildman–Crippen LogP) is 5.17. The van der Waals surface area contributed by atoms with Gasteiger partial charge in [0.25, 0.3) is 0 Å². The fourth-order valence-corrected chi connectivity index (χ4v) is 2.79. The van der Waals surface area contributed by atoms with Gasteiger partial charge in [-0.15, -0.1) is 0 Å². The Morgan fingerprint density at radius 1 is 1.16 bits per heavy atom. The Kier molecular flexibility index (Phi) is 6.73. The minimum absolute atomic E-state index is 0.190. The number of likely N-dealkylation sites (N-methyl/N-ethyl adjacent to an activating group) is 1. The Morgan fingerprint density at radius 3 is 2.36 bits per heavy atom. The Labute approximate surface area is 157 Å². The molecule has 1 atom stereocenters. The van der Waals surface area contributed by atoms with E-state index in [4.69, 9.17) is 0 Å². The van der Waals surface area contributed by atoms with Crippen LogP contribution in [0.2, 0.25) is 0 Å². The molecule has 0 fully saturated rings. The topological polar surface area (TPSA) is 32.3 Å². The molecule has 0 bridgehead atoms. The fraction of sp³-hybridized carbons (Fsp3) is 0.350. The molecular weight excluding hydrogens is 383 g/mol. The molecule has 3 nitrogen and oxygen atoms in total. The monoisotopic (exact) mass is 406 g/mol. The van der Waals surface area contributed by atoms with Crippen LogP contribution in [0, 0.1) is 5.82 Å². The van der Waals surface area contributed by atoms with Gasteiger partial charge >= 0.3 is 0 Å². The molecular formula is C20H24BrFN2O. The van der Waals surface area contributed by atoms with Crippen molar-refractivity contribution in [3.63, 3.8) is 0 Å². The van der Waals surface area contributed by atoms with E-state index in [9.17, 15) is 9.18 Å². The zero-order valence-corrected chi connectivity index (χ0v) is 16.6. The van der Waals surface area contributed by atoms with Gasteiger partial charge in [-0.25, -0.2) is 4.39 Å². The third kappa shape index (κ3) is 5.38. The number of carbonyl (C=O) groups excluding carboxylic acids is 1. The van der Waals surface area contributed by atoms with Gasteiger partial charge in [0.15, 0.2) is 0 Å². The summed E-state index contributed by atoms with van der Waals surface area (Å²) in [6.07, 6.45) is 0. The molecule has 25 heavy (non-hydrogen) atoms. The van der Waals surface area contributed by atoms with Crippen LogP contribution in [-0.4, -0.2) is 23.9 Å². The van der Waals surface area contributed by atoms with Crippen molar-refractivity contribution < 1.29 is 9.18 Å². The summed E-state index contributed by atoms with van der Waals surface area (Å²) >= 11 is 3.20. The normalized spacial score (nSPS) is 12.5. The zero-order chi connectivity index (χ0) is 18.6. The number of carbonyl (C=O) groups is 1. The summed E-state index contributed by atoms with van der Waals surface area (Å²) in [5.74, 6) is -0.193. The molecule has 2 aromatic carbocycles. The van der Waals surface area contributed by atoms with Gasteiger partial charge < -0.3 is 5.32 Å². The first-order chi connectivity index (χ1) is 11.8. The minimum atomic E-state index is -0.457. The standard InChI is InChI=1S/C20H24BrFN2O/c1-13(2)16-7-5-15(6-8-16)12-24(4)14(3)20(25)23-19-10-9-17(21)11-18(19)22/h5-11,13-14H,12H2,1-4H3,(H,23,25). The number of anilines is 1. The van der Waals surface area contributed by atoms with Gasteiger partial charge in [-0.1, -0.05) is 54.0 Å². The maximum absolute atomic E-state index is 13.9. The maximum atomic E-state index is 13.9. The van der Waals surface area contributed by atoms with Gasteiger partial charge in [-0.3, -0.25) is 9.69 Å². The van der Waals surface area contributed by atoms with Crippen molar-refractivity contribution in [2.75, 3.05) is 12.4 Å². The van der Waals surface area contributed by atoms with E-state index in [0.717, 1.165) is 5.56 Å². The van der Waals surface area contributed by atoms with Gasteiger partial charge in [-0.05, 0) is 49.2 Å². The first kappa shape index (κ1) is 19.6. The summed E-state index contributed by atoms with van der Waals surface area (Å²) in [5, 5.41) is 2.65. The molecule has 0 heterocycles. The number of nitrogens with zero attached hydrogens (tertiary/aromatic N) is 1. The number of halogens is 2. The van der Waals surface area contributed by atoms with Crippen LogP contribution in [0.15, 0.2) is 46.9 Å². The maximum Gasteiger partial charge on any atom is 0.241 e. The van der Waals surface area contributed by atoms with Crippen molar-refractivity contribution in [1.29, 1.82) is 0 Å². The molecule has 0 saturated heterocycles. The third-order valence-electron chi connectivity index (χ3n) is 4.31. The van der Waals surface area contributed by atoms with Gasteiger partial charge in [0.05, 0.1) is 11.7 Å². The van der Waals surface area contributed by atoms with Crippen molar-refractivity contribution in [1.82, 2.24) is 4.90 Å². The lowest BCUT2D eigenvalue weighted by atomic mass is 10.0. The van der Waals surface area contributed by atoms with E-state index in [0.29, 0.717) is 16.9 Å². The van der Waals surface area contributed by atoms with E-state index in [-0.39, 0.29) is 17.6 Å². The van der Waals surface area contributed by atoms with Gasteiger partial charge in [0.2, 0.25) is 5.91 Å². The van der Waals surface area contributed by atoms with Crippen LogP contribution in [0.25, 0.3) is 0 Å². The molecule has 1 unspecified atom stereocenters. The average molecular weight is 407 g/mol. The highest BCUT2D eigenvalue weighted by Gasteiger charge is 2.19. The second kappa shape index (κ2) is 8.59. The third-order valence-corrected chi connectivity index (χ3v) is 4.80. The number of hydrogen-bond acceptors (Lipinski definition) is 2. The lowest BCUT2D eigenvalue weighted by Gasteiger charge is -2.24. The van der Waals surface area contributed by atoms with Crippen molar-refractivity contribution in [3.8, 4) is 0 Å². The second-order valence-corrected chi connectivity index (χ2v) is 7.52. The van der Waals surface area contributed by atoms with Crippen LogP contribution in [0.3, 0.4) is 0 Å². The highest BCUT2D eigenvalue weighted by molar-refractivity contribution is 9.10. The number of amides is 1. The van der Waals surface area contributed by atoms with E-state index >= 15 is 0 Å². The largest absolute Gasteiger partial charge is 0.322 e.